The van der Waals surface area contributed by atoms with Crippen molar-refractivity contribution in [3.05, 3.63) is 33.4 Å². The van der Waals surface area contributed by atoms with Gasteiger partial charge in [0.1, 0.15) is 0 Å². The van der Waals surface area contributed by atoms with Gasteiger partial charge in [0.15, 0.2) is 5.78 Å². The Morgan fingerprint density at radius 2 is 2.00 bits per heavy atom. The van der Waals surface area contributed by atoms with Crippen molar-refractivity contribution in [2.24, 2.45) is 0 Å². The van der Waals surface area contributed by atoms with Crippen LogP contribution in [0, 0.1) is 3.57 Å². The first-order valence-electron chi connectivity index (χ1n) is 5.03. The molecule has 1 rings (SSSR count). The fourth-order valence-corrected chi connectivity index (χ4v) is 2.05. The van der Waals surface area contributed by atoms with Crippen LogP contribution in [0.5, 0.6) is 0 Å². The van der Waals surface area contributed by atoms with E-state index in [1.807, 2.05) is 24.3 Å². The van der Waals surface area contributed by atoms with E-state index in [4.69, 9.17) is 0 Å². The fourth-order valence-electron chi connectivity index (χ4n) is 1.36. The molecule has 1 nitrogen and oxygen atoms in total. The summed E-state index contributed by atoms with van der Waals surface area (Å²) in [5.41, 5.74) is 0.879. The molecule has 14 heavy (non-hydrogen) atoms. The third kappa shape index (κ3) is 3.40. The molecule has 0 heterocycles. The maximum Gasteiger partial charge on any atom is 0.163 e. The fraction of sp³-hybridized carbons (Fsp3) is 0.417. The summed E-state index contributed by atoms with van der Waals surface area (Å²) < 4.78 is 1.06. The molecule has 0 atom stereocenters. The number of ketones is 1. The van der Waals surface area contributed by atoms with Gasteiger partial charge in [-0.05, 0) is 35.1 Å². The molecule has 0 aromatic heterocycles. The second-order valence-corrected chi connectivity index (χ2v) is 4.52. The third-order valence-corrected chi connectivity index (χ3v) is 3.12. The average Bonchev–Trinajstić information content (AvgIpc) is 2.18. The van der Waals surface area contributed by atoms with E-state index in [-0.39, 0.29) is 5.78 Å². The predicted octanol–water partition coefficient (Wildman–Crippen LogP) is 4.05. The lowest BCUT2D eigenvalue weighted by molar-refractivity contribution is 0.0978. The molecule has 1 aromatic rings. The van der Waals surface area contributed by atoms with E-state index in [0.29, 0.717) is 6.42 Å². The van der Waals surface area contributed by atoms with Crippen LogP contribution in [0.3, 0.4) is 0 Å². The number of halogens is 1. The number of Topliss-reactive ketones (excluding diaryl/α,β-unsaturated/α-hetero) is 1. The molecule has 0 fully saturated rings. The normalized spacial score (nSPS) is 10.1. The van der Waals surface area contributed by atoms with Gasteiger partial charge < -0.3 is 0 Å². The minimum Gasteiger partial charge on any atom is -0.294 e. The zero-order valence-corrected chi connectivity index (χ0v) is 10.6. The van der Waals surface area contributed by atoms with Gasteiger partial charge >= 0.3 is 0 Å². The first-order chi connectivity index (χ1) is 6.75. The molecule has 0 spiro atoms. The first-order valence-corrected chi connectivity index (χ1v) is 6.11. The van der Waals surface area contributed by atoms with Crippen molar-refractivity contribution >= 4 is 28.4 Å². The van der Waals surface area contributed by atoms with Gasteiger partial charge in [-0.3, -0.25) is 4.79 Å². The van der Waals surface area contributed by atoms with Crippen LogP contribution in [-0.4, -0.2) is 5.78 Å². The van der Waals surface area contributed by atoms with Crippen LogP contribution < -0.4 is 0 Å². The van der Waals surface area contributed by atoms with Crippen molar-refractivity contribution < 1.29 is 4.79 Å². The summed E-state index contributed by atoms with van der Waals surface area (Å²) in [6.45, 7) is 2.15. The molecule has 0 radical (unpaired) electrons. The van der Waals surface area contributed by atoms with Crippen LogP contribution in [0.2, 0.25) is 0 Å². The Bertz CT molecular complexity index is 307. The van der Waals surface area contributed by atoms with E-state index in [1.165, 1.54) is 6.42 Å². The Labute approximate surface area is 99.0 Å². The average molecular weight is 302 g/mol. The molecule has 1 aromatic carbocycles. The molecule has 2 heteroatoms. The molecule has 0 unspecified atom stereocenters. The summed E-state index contributed by atoms with van der Waals surface area (Å²) in [7, 11) is 0. The lowest BCUT2D eigenvalue weighted by Gasteiger charge is -2.02. The summed E-state index contributed by atoms with van der Waals surface area (Å²) in [6, 6.07) is 7.78. The highest BCUT2D eigenvalue weighted by Crippen LogP contribution is 2.15. The standard InChI is InChI=1S/C12H15IO/c1-2-3-4-9-12(14)10-7-5-6-8-11(10)13/h5-8H,2-4,9H2,1H3. The van der Waals surface area contributed by atoms with Crippen molar-refractivity contribution in [3.8, 4) is 0 Å². The highest BCUT2D eigenvalue weighted by Gasteiger charge is 2.07. The van der Waals surface area contributed by atoms with Crippen LogP contribution in [0.1, 0.15) is 43.0 Å². The maximum absolute atomic E-state index is 11.7. The monoisotopic (exact) mass is 302 g/mol. The van der Waals surface area contributed by atoms with Crippen LogP contribution in [0.4, 0.5) is 0 Å². The number of hydrogen-bond donors (Lipinski definition) is 0. The number of rotatable bonds is 5. The molecule has 0 aliphatic rings. The zero-order chi connectivity index (χ0) is 10.4. The Morgan fingerprint density at radius 1 is 1.29 bits per heavy atom. The molecular formula is C12H15IO. The molecule has 0 amide bonds. The highest BCUT2D eigenvalue weighted by molar-refractivity contribution is 14.1. The van der Waals surface area contributed by atoms with Gasteiger partial charge in [0.2, 0.25) is 0 Å². The number of carbonyl (C=O) groups excluding carboxylic acids is 1. The van der Waals surface area contributed by atoms with E-state index >= 15 is 0 Å². The van der Waals surface area contributed by atoms with Crippen molar-refractivity contribution in [2.75, 3.05) is 0 Å². The van der Waals surface area contributed by atoms with Crippen molar-refractivity contribution in [1.82, 2.24) is 0 Å². The Balaban J connectivity index is 2.56. The summed E-state index contributed by atoms with van der Waals surface area (Å²) >= 11 is 2.22. The van der Waals surface area contributed by atoms with Crippen LogP contribution >= 0.6 is 22.6 Å². The number of hydrogen-bond acceptors (Lipinski definition) is 1. The SMILES string of the molecule is CCCCCC(=O)c1ccccc1I. The summed E-state index contributed by atoms with van der Waals surface area (Å²) in [5.74, 6) is 0.281. The Kier molecular flexibility index (Phi) is 5.15. The van der Waals surface area contributed by atoms with E-state index in [1.54, 1.807) is 0 Å². The van der Waals surface area contributed by atoms with Crippen LogP contribution in [0.25, 0.3) is 0 Å². The lowest BCUT2D eigenvalue weighted by atomic mass is 10.1. The molecule has 76 valence electrons. The van der Waals surface area contributed by atoms with Gasteiger partial charge in [0.25, 0.3) is 0 Å². The van der Waals surface area contributed by atoms with E-state index < -0.39 is 0 Å². The quantitative estimate of drug-likeness (QED) is 0.455. The Morgan fingerprint density at radius 3 is 2.64 bits per heavy atom. The van der Waals surface area contributed by atoms with Crippen molar-refractivity contribution in [1.29, 1.82) is 0 Å². The molecule has 0 bridgehead atoms. The minimum atomic E-state index is 0.281. The van der Waals surface area contributed by atoms with Crippen LogP contribution in [0.15, 0.2) is 24.3 Å². The summed E-state index contributed by atoms with van der Waals surface area (Å²) in [4.78, 5) is 11.7. The van der Waals surface area contributed by atoms with Gasteiger partial charge in [-0.25, -0.2) is 0 Å². The topological polar surface area (TPSA) is 17.1 Å². The smallest absolute Gasteiger partial charge is 0.163 e. The molecule has 0 saturated carbocycles. The van der Waals surface area contributed by atoms with Gasteiger partial charge in [-0.15, -0.1) is 0 Å². The van der Waals surface area contributed by atoms with Crippen molar-refractivity contribution in [3.63, 3.8) is 0 Å². The zero-order valence-electron chi connectivity index (χ0n) is 8.42. The summed E-state index contributed by atoms with van der Waals surface area (Å²) in [6.07, 6.45) is 4.02. The van der Waals surface area contributed by atoms with Crippen molar-refractivity contribution in [2.45, 2.75) is 32.6 Å². The maximum atomic E-state index is 11.7. The number of carbonyl (C=O) groups is 1. The van der Waals surface area contributed by atoms with Gasteiger partial charge in [-0.2, -0.15) is 0 Å². The molecule has 0 saturated heterocycles. The largest absolute Gasteiger partial charge is 0.294 e. The van der Waals surface area contributed by atoms with Crippen LogP contribution in [-0.2, 0) is 0 Å². The van der Waals surface area contributed by atoms with Gasteiger partial charge in [0.05, 0.1) is 0 Å². The minimum absolute atomic E-state index is 0.281. The first kappa shape index (κ1) is 11.7. The molecule has 0 aliphatic heterocycles. The predicted molar refractivity (Wildman–Crippen MR) is 67.6 cm³/mol. The molecule has 0 N–H and O–H groups in total. The number of unbranched alkanes of at least 4 members (excludes halogenated alkanes) is 2. The summed E-state index contributed by atoms with van der Waals surface area (Å²) in [5, 5.41) is 0. The van der Waals surface area contributed by atoms with E-state index in [9.17, 15) is 4.79 Å². The van der Waals surface area contributed by atoms with E-state index in [2.05, 4.69) is 29.5 Å². The number of benzene rings is 1. The second kappa shape index (κ2) is 6.17. The van der Waals surface area contributed by atoms with E-state index in [0.717, 1.165) is 22.0 Å². The molecular weight excluding hydrogens is 287 g/mol. The third-order valence-electron chi connectivity index (χ3n) is 2.18. The lowest BCUT2D eigenvalue weighted by Crippen LogP contribution is -2.01. The Hall–Kier alpha value is -0.380. The van der Waals surface area contributed by atoms with Gasteiger partial charge in [0, 0.05) is 15.6 Å². The van der Waals surface area contributed by atoms with Gasteiger partial charge in [-0.1, -0.05) is 38.0 Å². The molecule has 0 aliphatic carbocycles. The highest BCUT2D eigenvalue weighted by atomic mass is 127. The second-order valence-electron chi connectivity index (χ2n) is 3.36.